The molecular weight excluding hydrogens is 256 g/mol. The van der Waals surface area contributed by atoms with E-state index >= 15 is 0 Å². The van der Waals surface area contributed by atoms with Crippen LogP contribution in [0.5, 0.6) is 5.75 Å². The van der Waals surface area contributed by atoms with Crippen molar-refractivity contribution in [3.8, 4) is 5.75 Å². The van der Waals surface area contributed by atoms with E-state index in [0.29, 0.717) is 12.8 Å². The molecule has 0 aliphatic carbocycles. The molecule has 1 aliphatic rings. The number of ether oxygens (including phenoxy) is 1. The van der Waals surface area contributed by atoms with Crippen LogP contribution in [0, 0.1) is 6.92 Å². The Morgan fingerprint density at radius 2 is 2.20 bits per heavy atom. The summed E-state index contributed by atoms with van der Waals surface area (Å²) in [6, 6.07) is 5.12. The van der Waals surface area contributed by atoms with E-state index in [1.165, 1.54) is 0 Å². The zero-order chi connectivity index (χ0) is 14.7. The molecule has 1 aliphatic heterocycles. The predicted octanol–water partition coefficient (Wildman–Crippen LogP) is 2.00. The van der Waals surface area contributed by atoms with Gasteiger partial charge in [0.15, 0.2) is 0 Å². The molecule has 0 radical (unpaired) electrons. The number of hydrogen-bond donors (Lipinski definition) is 2. The number of anilines is 1. The van der Waals surface area contributed by atoms with Crippen molar-refractivity contribution in [1.29, 1.82) is 0 Å². The maximum atomic E-state index is 12.0. The number of aryl methyl sites for hydroxylation is 1. The van der Waals surface area contributed by atoms with E-state index in [4.69, 9.17) is 4.74 Å². The van der Waals surface area contributed by atoms with Gasteiger partial charge < -0.3 is 15.4 Å². The van der Waals surface area contributed by atoms with E-state index in [2.05, 4.69) is 10.6 Å². The van der Waals surface area contributed by atoms with Crippen LogP contribution in [0.4, 0.5) is 5.69 Å². The van der Waals surface area contributed by atoms with Crippen molar-refractivity contribution in [1.82, 2.24) is 5.32 Å². The smallest absolute Gasteiger partial charge is 0.246 e. The Kier molecular flexibility index (Phi) is 4.27. The summed E-state index contributed by atoms with van der Waals surface area (Å²) in [5, 5.41) is 5.50. The first-order chi connectivity index (χ1) is 9.45. The predicted molar refractivity (Wildman–Crippen MR) is 76.7 cm³/mol. The summed E-state index contributed by atoms with van der Waals surface area (Å²) in [6.45, 7) is 5.84. The molecule has 2 N–H and O–H groups in total. The van der Waals surface area contributed by atoms with Crippen LogP contribution in [0.25, 0.3) is 0 Å². The van der Waals surface area contributed by atoms with Gasteiger partial charge in [-0.05, 0) is 51.0 Å². The lowest BCUT2D eigenvalue weighted by molar-refractivity contribution is -0.122. The lowest BCUT2D eigenvalue weighted by Crippen LogP contribution is -2.37. The van der Waals surface area contributed by atoms with Gasteiger partial charge in [0.05, 0.1) is 6.10 Å². The normalized spacial score (nSPS) is 18.0. The molecule has 5 nitrogen and oxygen atoms in total. The second-order valence-corrected chi connectivity index (χ2v) is 5.29. The van der Waals surface area contributed by atoms with Gasteiger partial charge in [-0.3, -0.25) is 9.59 Å². The molecule has 0 spiro atoms. The molecule has 1 atom stereocenters. The van der Waals surface area contributed by atoms with E-state index in [9.17, 15) is 9.59 Å². The molecule has 1 aromatic rings. The standard InChI is InChI=1S/C15H20N2O3/c1-9(2)20-11-4-5-12(10(3)8-11)17-15(19)13-6-7-14(18)16-13/h4-5,8-9,13H,6-7H2,1-3H3,(H,16,18)(H,17,19)/t13-/m1/s1. The molecule has 5 heteroatoms. The molecule has 0 aromatic heterocycles. The van der Waals surface area contributed by atoms with E-state index < -0.39 is 6.04 Å². The molecule has 1 heterocycles. The molecular formula is C15H20N2O3. The molecule has 2 amide bonds. The van der Waals surface area contributed by atoms with Gasteiger partial charge in [0.25, 0.3) is 0 Å². The first-order valence-electron chi connectivity index (χ1n) is 6.83. The van der Waals surface area contributed by atoms with Crippen LogP contribution in [-0.2, 0) is 9.59 Å². The summed E-state index contributed by atoms with van der Waals surface area (Å²) < 4.78 is 5.60. The van der Waals surface area contributed by atoms with Crippen LogP contribution in [0.15, 0.2) is 18.2 Å². The van der Waals surface area contributed by atoms with Gasteiger partial charge >= 0.3 is 0 Å². The maximum absolute atomic E-state index is 12.0. The Morgan fingerprint density at radius 3 is 2.75 bits per heavy atom. The summed E-state index contributed by atoms with van der Waals surface area (Å²) in [5.74, 6) is 0.545. The summed E-state index contributed by atoms with van der Waals surface area (Å²) in [4.78, 5) is 23.1. The molecule has 1 fully saturated rings. The van der Waals surface area contributed by atoms with Crippen LogP contribution in [0.3, 0.4) is 0 Å². The third kappa shape index (κ3) is 3.50. The third-order valence-electron chi connectivity index (χ3n) is 3.14. The Morgan fingerprint density at radius 1 is 1.45 bits per heavy atom. The highest BCUT2D eigenvalue weighted by Gasteiger charge is 2.27. The number of nitrogens with one attached hydrogen (secondary N) is 2. The molecule has 1 aromatic carbocycles. The summed E-state index contributed by atoms with van der Waals surface area (Å²) in [7, 11) is 0. The Labute approximate surface area is 118 Å². The lowest BCUT2D eigenvalue weighted by atomic mass is 10.1. The Bertz CT molecular complexity index is 526. The average Bonchev–Trinajstić information content (AvgIpc) is 2.78. The van der Waals surface area contributed by atoms with Crippen molar-refractivity contribution in [3.05, 3.63) is 23.8 Å². The highest BCUT2D eigenvalue weighted by molar-refractivity contribution is 5.99. The number of rotatable bonds is 4. The first kappa shape index (κ1) is 14.4. The van der Waals surface area contributed by atoms with E-state index in [1.807, 2.05) is 39.0 Å². The van der Waals surface area contributed by atoms with Crippen LogP contribution < -0.4 is 15.4 Å². The van der Waals surface area contributed by atoms with Gasteiger partial charge in [0, 0.05) is 12.1 Å². The van der Waals surface area contributed by atoms with Gasteiger partial charge in [-0.1, -0.05) is 0 Å². The minimum atomic E-state index is -0.423. The molecule has 20 heavy (non-hydrogen) atoms. The van der Waals surface area contributed by atoms with Crippen molar-refractivity contribution >= 4 is 17.5 Å². The second-order valence-electron chi connectivity index (χ2n) is 5.29. The maximum Gasteiger partial charge on any atom is 0.246 e. The van der Waals surface area contributed by atoms with E-state index in [1.54, 1.807) is 0 Å². The largest absolute Gasteiger partial charge is 0.491 e. The van der Waals surface area contributed by atoms with Gasteiger partial charge in [-0.2, -0.15) is 0 Å². The van der Waals surface area contributed by atoms with Gasteiger partial charge in [-0.15, -0.1) is 0 Å². The Balaban J connectivity index is 2.02. The fourth-order valence-electron chi connectivity index (χ4n) is 2.15. The topological polar surface area (TPSA) is 67.4 Å². The molecule has 0 unspecified atom stereocenters. The van der Waals surface area contributed by atoms with Crippen molar-refractivity contribution in [2.45, 2.75) is 45.8 Å². The number of hydrogen-bond acceptors (Lipinski definition) is 3. The first-order valence-corrected chi connectivity index (χ1v) is 6.83. The second kappa shape index (κ2) is 5.94. The molecule has 0 bridgehead atoms. The fourth-order valence-corrected chi connectivity index (χ4v) is 2.15. The Hall–Kier alpha value is -2.04. The highest BCUT2D eigenvalue weighted by Crippen LogP contribution is 2.22. The number of amides is 2. The van der Waals surface area contributed by atoms with Crippen molar-refractivity contribution in [3.63, 3.8) is 0 Å². The van der Waals surface area contributed by atoms with Crippen LogP contribution >= 0.6 is 0 Å². The minimum absolute atomic E-state index is 0.0671. The SMILES string of the molecule is Cc1cc(OC(C)C)ccc1NC(=O)[C@H]1CCC(=O)N1. The van der Waals surface area contributed by atoms with Gasteiger partial charge in [0.1, 0.15) is 11.8 Å². The summed E-state index contributed by atoms with van der Waals surface area (Å²) >= 11 is 0. The monoisotopic (exact) mass is 276 g/mol. The molecule has 0 saturated carbocycles. The number of benzene rings is 1. The summed E-state index contributed by atoms with van der Waals surface area (Å²) in [5.41, 5.74) is 1.67. The van der Waals surface area contributed by atoms with Crippen LogP contribution in [0.2, 0.25) is 0 Å². The zero-order valence-electron chi connectivity index (χ0n) is 12.0. The third-order valence-corrected chi connectivity index (χ3v) is 3.14. The van der Waals surface area contributed by atoms with Crippen molar-refractivity contribution < 1.29 is 14.3 Å². The van der Waals surface area contributed by atoms with Crippen LogP contribution in [0.1, 0.15) is 32.3 Å². The van der Waals surface area contributed by atoms with Gasteiger partial charge in [-0.25, -0.2) is 0 Å². The van der Waals surface area contributed by atoms with Crippen molar-refractivity contribution in [2.75, 3.05) is 5.32 Å². The fraction of sp³-hybridized carbons (Fsp3) is 0.467. The quantitative estimate of drug-likeness (QED) is 0.884. The van der Waals surface area contributed by atoms with Crippen LogP contribution in [-0.4, -0.2) is 24.0 Å². The zero-order valence-corrected chi connectivity index (χ0v) is 12.0. The molecule has 108 valence electrons. The average molecular weight is 276 g/mol. The van der Waals surface area contributed by atoms with E-state index in [-0.39, 0.29) is 17.9 Å². The molecule has 2 rings (SSSR count). The molecule has 1 saturated heterocycles. The number of carbonyl (C=O) groups is 2. The summed E-state index contributed by atoms with van der Waals surface area (Å²) in [6.07, 6.45) is 1.08. The van der Waals surface area contributed by atoms with Gasteiger partial charge in [0.2, 0.25) is 11.8 Å². The minimum Gasteiger partial charge on any atom is -0.491 e. The highest BCUT2D eigenvalue weighted by atomic mass is 16.5. The number of carbonyl (C=O) groups excluding carboxylic acids is 2. The van der Waals surface area contributed by atoms with Crippen molar-refractivity contribution in [2.24, 2.45) is 0 Å². The van der Waals surface area contributed by atoms with E-state index in [0.717, 1.165) is 17.0 Å². The lowest BCUT2D eigenvalue weighted by Gasteiger charge is -2.15.